The van der Waals surface area contributed by atoms with Gasteiger partial charge in [0.2, 0.25) is 5.82 Å². The van der Waals surface area contributed by atoms with E-state index in [1.54, 1.807) is 11.3 Å². The van der Waals surface area contributed by atoms with Crippen LogP contribution in [0.2, 0.25) is 0 Å². The summed E-state index contributed by atoms with van der Waals surface area (Å²) in [6.45, 7) is 2.35. The number of aryl methyl sites for hydroxylation is 1. The van der Waals surface area contributed by atoms with Crippen LogP contribution < -0.4 is 5.32 Å². The van der Waals surface area contributed by atoms with E-state index in [4.69, 9.17) is 0 Å². The second-order valence-corrected chi connectivity index (χ2v) is 9.57. The van der Waals surface area contributed by atoms with Crippen LogP contribution in [0.4, 0.5) is 0 Å². The van der Waals surface area contributed by atoms with Crippen LogP contribution in [0.3, 0.4) is 0 Å². The number of aromatic nitrogens is 3. The van der Waals surface area contributed by atoms with Crippen molar-refractivity contribution in [2.45, 2.75) is 64.0 Å². The molecule has 3 aliphatic rings. The number of carbonyl (C=O) groups excluding carboxylic acids is 2. The largest absolute Gasteiger partial charge is 0.347 e. The third-order valence-corrected chi connectivity index (χ3v) is 7.64. The van der Waals surface area contributed by atoms with Gasteiger partial charge in [0.25, 0.3) is 11.8 Å². The fraction of sp³-hybridized carbons (Fsp3) is 0.619. The summed E-state index contributed by atoms with van der Waals surface area (Å²) < 4.78 is 2.02. The molecule has 0 bridgehead atoms. The number of likely N-dealkylation sites (tertiary alicyclic amines) is 1. The quantitative estimate of drug-likeness (QED) is 0.839. The highest BCUT2D eigenvalue weighted by Crippen LogP contribution is 2.41. The van der Waals surface area contributed by atoms with Crippen molar-refractivity contribution in [3.8, 4) is 0 Å². The van der Waals surface area contributed by atoms with Crippen molar-refractivity contribution in [1.82, 2.24) is 25.0 Å². The Kier molecular flexibility index (Phi) is 4.89. The maximum atomic E-state index is 12.7. The van der Waals surface area contributed by atoms with Gasteiger partial charge in [0.15, 0.2) is 0 Å². The molecule has 2 fully saturated rings. The Morgan fingerprint density at radius 2 is 1.97 bits per heavy atom. The van der Waals surface area contributed by atoms with Crippen molar-refractivity contribution in [2.24, 2.45) is 5.41 Å². The van der Waals surface area contributed by atoms with E-state index in [1.807, 2.05) is 26.3 Å². The monoisotopic (exact) mass is 413 g/mol. The Hall–Kier alpha value is -2.22. The van der Waals surface area contributed by atoms with Gasteiger partial charge in [-0.1, -0.05) is 12.8 Å². The van der Waals surface area contributed by atoms with Crippen LogP contribution >= 0.6 is 11.3 Å². The Bertz CT molecular complexity index is 902. The summed E-state index contributed by atoms with van der Waals surface area (Å²) in [5, 5.41) is 15.6. The van der Waals surface area contributed by atoms with Crippen molar-refractivity contribution < 1.29 is 9.59 Å². The lowest BCUT2D eigenvalue weighted by Crippen LogP contribution is -2.35. The second-order valence-electron chi connectivity index (χ2n) is 8.79. The highest BCUT2D eigenvalue weighted by atomic mass is 32.1. The molecule has 2 aliphatic heterocycles. The van der Waals surface area contributed by atoms with Gasteiger partial charge in [-0.3, -0.25) is 9.59 Å². The van der Waals surface area contributed by atoms with Gasteiger partial charge in [0.05, 0.1) is 5.56 Å². The van der Waals surface area contributed by atoms with Gasteiger partial charge in [0.1, 0.15) is 5.82 Å². The van der Waals surface area contributed by atoms with Crippen molar-refractivity contribution in [3.63, 3.8) is 0 Å². The van der Waals surface area contributed by atoms with Gasteiger partial charge in [-0.25, -0.2) is 0 Å². The zero-order valence-corrected chi connectivity index (χ0v) is 17.4. The van der Waals surface area contributed by atoms with Crippen LogP contribution in [0.25, 0.3) is 0 Å². The standard InChI is InChI=1S/C21H27N5O2S/c27-19(22-16-3-1-2-4-16)18-24-23-17-5-7-21(9-11-26(17)18)8-10-25(14-21)20(28)15-6-12-29-13-15/h6,12-13,16H,1-5,7-11,14H2,(H,22,27)/t21-/m1/s1. The number of thiophene rings is 1. The minimum Gasteiger partial charge on any atom is -0.347 e. The van der Waals surface area contributed by atoms with Crippen molar-refractivity contribution >= 4 is 23.2 Å². The van der Waals surface area contributed by atoms with E-state index >= 15 is 0 Å². The van der Waals surface area contributed by atoms with E-state index in [-0.39, 0.29) is 23.3 Å². The molecular weight excluding hydrogens is 386 g/mol. The molecule has 4 heterocycles. The van der Waals surface area contributed by atoms with Gasteiger partial charge >= 0.3 is 0 Å². The molecule has 0 radical (unpaired) electrons. The zero-order chi connectivity index (χ0) is 19.8. The summed E-state index contributed by atoms with van der Waals surface area (Å²) >= 11 is 1.56. The molecule has 0 unspecified atom stereocenters. The van der Waals surface area contributed by atoms with Crippen LogP contribution in [0.5, 0.6) is 0 Å². The molecule has 29 heavy (non-hydrogen) atoms. The average molecular weight is 414 g/mol. The molecule has 1 atom stereocenters. The van der Waals surface area contributed by atoms with Gasteiger partial charge < -0.3 is 14.8 Å². The van der Waals surface area contributed by atoms with E-state index in [1.165, 1.54) is 12.8 Å². The summed E-state index contributed by atoms with van der Waals surface area (Å²) in [6, 6.07) is 2.18. The first-order valence-corrected chi connectivity index (χ1v) is 11.6. The highest BCUT2D eigenvalue weighted by Gasteiger charge is 2.41. The SMILES string of the molecule is O=C(NC1CCCC1)c1nnc2n1CC[C@@]1(CC2)CCN(C(=O)c2ccsc2)C1. The Morgan fingerprint density at radius 1 is 1.14 bits per heavy atom. The number of rotatable bonds is 3. The molecule has 7 nitrogen and oxygen atoms in total. The molecule has 1 N–H and O–H groups in total. The van der Waals surface area contributed by atoms with Crippen molar-refractivity contribution in [3.05, 3.63) is 34.0 Å². The van der Waals surface area contributed by atoms with Crippen LogP contribution in [-0.4, -0.2) is 50.6 Å². The Morgan fingerprint density at radius 3 is 2.76 bits per heavy atom. The molecule has 1 aliphatic carbocycles. The van der Waals surface area contributed by atoms with Crippen LogP contribution in [0.1, 0.15) is 71.7 Å². The number of hydrogen-bond acceptors (Lipinski definition) is 5. The molecule has 1 spiro atoms. The second kappa shape index (κ2) is 7.55. The first-order valence-electron chi connectivity index (χ1n) is 10.7. The highest BCUT2D eigenvalue weighted by molar-refractivity contribution is 7.08. The lowest BCUT2D eigenvalue weighted by Gasteiger charge is -2.27. The predicted octanol–water partition coefficient (Wildman–Crippen LogP) is 2.88. The lowest BCUT2D eigenvalue weighted by molar-refractivity contribution is 0.0767. The number of carbonyl (C=O) groups is 2. The van der Waals surface area contributed by atoms with E-state index in [0.29, 0.717) is 5.82 Å². The summed E-state index contributed by atoms with van der Waals surface area (Å²) in [5.74, 6) is 1.41. The molecule has 2 aromatic rings. The number of fused-ring (bicyclic) bond motifs is 1. The summed E-state index contributed by atoms with van der Waals surface area (Å²) in [7, 11) is 0. The summed E-state index contributed by atoms with van der Waals surface area (Å²) in [4.78, 5) is 27.5. The minimum absolute atomic E-state index is 0.0905. The van der Waals surface area contributed by atoms with E-state index < -0.39 is 0 Å². The van der Waals surface area contributed by atoms with E-state index in [9.17, 15) is 9.59 Å². The molecule has 1 saturated carbocycles. The predicted molar refractivity (Wildman–Crippen MR) is 110 cm³/mol. The van der Waals surface area contributed by atoms with Gasteiger partial charge in [-0.15, -0.1) is 10.2 Å². The first-order chi connectivity index (χ1) is 14.1. The fourth-order valence-electron chi connectivity index (χ4n) is 5.18. The molecule has 2 aromatic heterocycles. The molecule has 8 heteroatoms. The zero-order valence-electron chi connectivity index (χ0n) is 16.6. The first kappa shape index (κ1) is 18.8. The molecule has 1 saturated heterocycles. The maximum Gasteiger partial charge on any atom is 0.289 e. The smallest absolute Gasteiger partial charge is 0.289 e. The van der Waals surface area contributed by atoms with Crippen LogP contribution in [0, 0.1) is 5.41 Å². The number of amides is 2. The number of nitrogens with zero attached hydrogens (tertiary/aromatic N) is 4. The maximum absolute atomic E-state index is 12.7. The van der Waals surface area contributed by atoms with Gasteiger partial charge in [-0.2, -0.15) is 11.3 Å². The molecule has 5 rings (SSSR count). The van der Waals surface area contributed by atoms with Crippen molar-refractivity contribution in [2.75, 3.05) is 13.1 Å². The van der Waals surface area contributed by atoms with Crippen LogP contribution in [0.15, 0.2) is 16.8 Å². The third-order valence-electron chi connectivity index (χ3n) is 6.96. The molecule has 154 valence electrons. The number of hydrogen-bond donors (Lipinski definition) is 1. The van der Waals surface area contributed by atoms with E-state index in [0.717, 1.165) is 69.5 Å². The Balaban J connectivity index is 1.27. The number of nitrogens with one attached hydrogen (secondary N) is 1. The minimum atomic E-state index is -0.0905. The molecule has 2 amide bonds. The molecular formula is C21H27N5O2S. The lowest BCUT2D eigenvalue weighted by atomic mass is 9.80. The van der Waals surface area contributed by atoms with Crippen molar-refractivity contribution in [1.29, 1.82) is 0 Å². The molecule has 0 aromatic carbocycles. The van der Waals surface area contributed by atoms with Gasteiger partial charge in [-0.05, 0) is 49.0 Å². The Labute approximate surface area is 174 Å². The van der Waals surface area contributed by atoms with Crippen LogP contribution in [-0.2, 0) is 13.0 Å². The normalized spacial score (nSPS) is 24.6. The topological polar surface area (TPSA) is 80.1 Å². The van der Waals surface area contributed by atoms with Gasteiger partial charge in [0, 0.05) is 37.5 Å². The summed E-state index contributed by atoms with van der Waals surface area (Å²) in [6.07, 6.45) is 8.26. The average Bonchev–Trinajstić information content (AvgIpc) is 3.50. The third kappa shape index (κ3) is 3.58. The van der Waals surface area contributed by atoms with E-state index in [2.05, 4.69) is 15.5 Å². The fourth-order valence-corrected chi connectivity index (χ4v) is 5.81. The summed E-state index contributed by atoms with van der Waals surface area (Å²) in [5.41, 5.74) is 0.912.